The minimum atomic E-state index is 0.323. The summed E-state index contributed by atoms with van der Waals surface area (Å²) in [5.74, 6) is 0.872. The first-order chi connectivity index (χ1) is 9.67. The first-order valence-corrected chi connectivity index (χ1v) is 8.27. The number of aromatic nitrogens is 2. The summed E-state index contributed by atoms with van der Waals surface area (Å²) in [5.41, 5.74) is 0. The molecule has 1 saturated heterocycles. The molecule has 20 heavy (non-hydrogen) atoms. The summed E-state index contributed by atoms with van der Waals surface area (Å²) in [6.07, 6.45) is 3.54. The number of halogens is 1. The lowest BCUT2D eigenvalue weighted by molar-refractivity contribution is 0.322. The summed E-state index contributed by atoms with van der Waals surface area (Å²) in [4.78, 5) is 13.4. The monoisotopic (exact) mass is 310 g/mol. The molecule has 0 radical (unpaired) electrons. The molecular weight excluding hydrogens is 292 g/mol. The standard InChI is InChI=1S/C14H19ClN4S/c1-3-10-7-11-12(17-14(15)18-13(11)20-10)16-8-9-5-4-6-19(9)2/h7,9H,3-6,8H2,1-2H3,(H,16,17,18). The van der Waals surface area contributed by atoms with Gasteiger partial charge in [-0.05, 0) is 50.5 Å². The van der Waals surface area contributed by atoms with Crippen molar-refractivity contribution in [1.82, 2.24) is 14.9 Å². The van der Waals surface area contributed by atoms with Gasteiger partial charge in [-0.2, -0.15) is 0 Å². The molecule has 0 aliphatic carbocycles. The van der Waals surface area contributed by atoms with E-state index in [0.29, 0.717) is 11.3 Å². The maximum atomic E-state index is 6.03. The SMILES string of the molecule is CCc1cc2c(NCC3CCCN3C)nc(Cl)nc2s1. The molecule has 1 aliphatic heterocycles. The summed E-state index contributed by atoms with van der Waals surface area (Å²) in [6, 6.07) is 2.76. The Morgan fingerprint density at radius 3 is 3.05 bits per heavy atom. The normalized spacial score (nSPS) is 19.9. The van der Waals surface area contributed by atoms with Crippen LogP contribution in [0.4, 0.5) is 5.82 Å². The van der Waals surface area contributed by atoms with Crippen LogP contribution >= 0.6 is 22.9 Å². The van der Waals surface area contributed by atoms with Gasteiger partial charge >= 0.3 is 0 Å². The van der Waals surface area contributed by atoms with Gasteiger partial charge in [0.2, 0.25) is 5.28 Å². The number of fused-ring (bicyclic) bond motifs is 1. The van der Waals surface area contributed by atoms with E-state index in [-0.39, 0.29) is 0 Å². The molecule has 0 spiro atoms. The average molecular weight is 311 g/mol. The molecule has 3 heterocycles. The molecule has 0 amide bonds. The van der Waals surface area contributed by atoms with E-state index in [1.54, 1.807) is 11.3 Å². The quantitative estimate of drug-likeness (QED) is 0.879. The second kappa shape index (κ2) is 5.84. The lowest BCUT2D eigenvalue weighted by atomic mass is 10.2. The number of likely N-dealkylation sites (tertiary alicyclic amines) is 1. The van der Waals surface area contributed by atoms with Crippen LogP contribution in [0, 0.1) is 0 Å². The van der Waals surface area contributed by atoms with Crippen molar-refractivity contribution in [2.45, 2.75) is 32.2 Å². The van der Waals surface area contributed by atoms with E-state index in [2.05, 4.69) is 40.2 Å². The van der Waals surface area contributed by atoms with E-state index in [1.807, 2.05) is 0 Å². The van der Waals surface area contributed by atoms with Gasteiger partial charge in [-0.15, -0.1) is 11.3 Å². The maximum absolute atomic E-state index is 6.03. The minimum Gasteiger partial charge on any atom is -0.368 e. The Kier molecular flexibility index (Phi) is 4.10. The first-order valence-electron chi connectivity index (χ1n) is 7.07. The molecule has 1 N–H and O–H groups in total. The molecule has 1 unspecified atom stereocenters. The third-order valence-corrected chi connectivity index (χ3v) is 5.28. The van der Waals surface area contributed by atoms with Crippen LogP contribution in [0.5, 0.6) is 0 Å². The summed E-state index contributed by atoms with van der Waals surface area (Å²) in [5, 5.41) is 4.89. The Morgan fingerprint density at radius 1 is 1.50 bits per heavy atom. The number of rotatable bonds is 4. The molecule has 1 atom stereocenters. The van der Waals surface area contributed by atoms with Gasteiger partial charge in [-0.25, -0.2) is 9.97 Å². The van der Waals surface area contributed by atoms with Gasteiger partial charge < -0.3 is 10.2 Å². The highest BCUT2D eigenvalue weighted by molar-refractivity contribution is 7.18. The molecule has 0 aromatic carbocycles. The van der Waals surface area contributed by atoms with Crippen molar-refractivity contribution in [3.63, 3.8) is 0 Å². The van der Waals surface area contributed by atoms with Gasteiger partial charge in [0.1, 0.15) is 10.6 Å². The second-order valence-corrected chi connectivity index (χ2v) is 6.74. The zero-order chi connectivity index (χ0) is 14.1. The van der Waals surface area contributed by atoms with Crippen molar-refractivity contribution < 1.29 is 0 Å². The number of hydrogen-bond donors (Lipinski definition) is 1. The molecule has 108 valence electrons. The number of hydrogen-bond acceptors (Lipinski definition) is 5. The van der Waals surface area contributed by atoms with E-state index in [0.717, 1.165) is 29.0 Å². The smallest absolute Gasteiger partial charge is 0.225 e. The molecule has 3 rings (SSSR count). The fourth-order valence-electron chi connectivity index (χ4n) is 2.71. The van der Waals surface area contributed by atoms with Crippen molar-refractivity contribution in [2.24, 2.45) is 0 Å². The number of aryl methyl sites for hydroxylation is 1. The highest BCUT2D eigenvalue weighted by Gasteiger charge is 2.21. The number of likely N-dealkylation sites (N-methyl/N-ethyl adjacent to an activating group) is 1. The summed E-state index contributed by atoms with van der Waals surface area (Å²) < 4.78 is 0. The maximum Gasteiger partial charge on any atom is 0.225 e. The predicted octanol–water partition coefficient (Wildman–Crippen LogP) is 3.41. The molecule has 4 nitrogen and oxygen atoms in total. The molecule has 1 fully saturated rings. The third kappa shape index (κ3) is 2.75. The van der Waals surface area contributed by atoms with Crippen molar-refractivity contribution in [1.29, 1.82) is 0 Å². The Labute approximate surface area is 128 Å². The number of anilines is 1. The molecule has 0 bridgehead atoms. The molecular formula is C14H19ClN4S. The fraction of sp³-hybridized carbons (Fsp3) is 0.571. The van der Waals surface area contributed by atoms with Crippen LogP contribution in [0.1, 0.15) is 24.6 Å². The molecule has 6 heteroatoms. The van der Waals surface area contributed by atoms with Crippen molar-refractivity contribution in [3.05, 3.63) is 16.2 Å². The zero-order valence-electron chi connectivity index (χ0n) is 11.8. The predicted molar refractivity (Wildman–Crippen MR) is 85.9 cm³/mol. The Hall–Kier alpha value is -0.910. The van der Waals surface area contributed by atoms with Gasteiger partial charge in [-0.1, -0.05) is 6.92 Å². The van der Waals surface area contributed by atoms with Crippen molar-refractivity contribution >= 4 is 39.0 Å². The largest absolute Gasteiger partial charge is 0.368 e. The van der Waals surface area contributed by atoms with Crippen LogP contribution < -0.4 is 5.32 Å². The Bertz CT molecular complexity index is 612. The lowest BCUT2D eigenvalue weighted by Gasteiger charge is -2.20. The van der Waals surface area contributed by atoms with Crippen LogP contribution in [-0.4, -0.2) is 41.0 Å². The summed E-state index contributed by atoms with van der Waals surface area (Å²) in [7, 11) is 2.18. The third-order valence-electron chi connectivity index (χ3n) is 3.94. The summed E-state index contributed by atoms with van der Waals surface area (Å²) in [6.45, 7) is 4.25. The van der Waals surface area contributed by atoms with Crippen LogP contribution in [0.2, 0.25) is 5.28 Å². The van der Waals surface area contributed by atoms with E-state index >= 15 is 0 Å². The highest BCUT2D eigenvalue weighted by atomic mass is 35.5. The number of nitrogens with zero attached hydrogens (tertiary/aromatic N) is 3. The number of nitrogens with one attached hydrogen (secondary N) is 1. The Morgan fingerprint density at radius 2 is 2.35 bits per heavy atom. The van der Waals surface area contributed by atoms with Gasteiger partial charge in [0.05, 0.1) is 5.39 Å². The van der Waals surface area contributed by atoms with E-state index in [4.69, 9.17) is 11.6 Å². The van der Waals surface area contributed by atoms with Gasteiger partial charge in [0, 0.05) is 17.5 Å². The van der Waals surface area contributed by atoms with E-state index in [1.165, 1.54) is 24.3 Å². The molecule has 1 aliphatic rings. The van der Waals surface area contributed by atoms with Crippen LogP contribution in [0.15, 0.2) is 6.07 Å². The topological polar surface area (TPSA) is 41.0 Å². The van der Waals surface area contributed by atoms with Crippen LogP contribution in [0.3, 0.4) is 0 Å². The average Bonchev–Trinajstić information content (AvgIpc) is 3.01. The first kappa shape index (κ1) is 14.0. The van der Waals surface area contributed by atoms with Gasteiger partial charge in [0.25, 0.3) is 0 Å². The van der Waals surface area contributed by atoms with Crippen molar-refractivity contribution in [2.75, 3.05) is 25.5 Å². The number of thiophene rings is 1. The molecule has 2 aromatic heterocycles. The lowest BCUT2D eigenvalue weighted by Crippen LogP contribution is -2.31. The Balaban J connectivity index is 1.84. The molecule has 2 aromatic rings. The van der Waals surface area contributed by atoms with Crippen LogP contribution in [0.25, 0.3) is 10.2 Å². The molecule has 0 saturated carbocycles. The van der Waals surface area contributed by atoms with Crippen molar-refractivity contribution in [3.8, 4) is 0 Å². The highest BCUT2D eigenvalue weighted by Crippen LogP contribution is 2.30. The van der Waals surface area contributed by atoms with Crippen LogP contribution in [-0.2, 0) is 6.42 Å². The van der Waals surface area contributed by atoms with Gasteiger partial charge in [0.15, 0.2) is 0 Å². The van der Waals surface area contributed by atoms with E-state index < -0.39 is 0 Å². The fourth-order valence-corrected chi connectivity index (χ4v) is 3.89. The van der Waals surface area contributed by atoms with Gasteiger partial charge in [-0.3, -0.25) is 0 Å². The van der Waals surface area contributed by atoms with E-state index in [9.17, 15) is 0 Å². The zero-order valence-corrected chi connectivity index (χ0v) is 13.4. The second-order valence-electron chi connectivity index (χ2n) is 5.28. The summed E-state index contributed by atoms with van der Waals surface area (Å²) >= 11 is 7.73. The minimum absolute atomic E-state index is 0.323.